The van der Waals surface area contributed by atoms with Gasteiger partial charge in [0.1, 0.15) is 17.5 Å². The molecule has 3 aromatic heterocycles. The number of H-pyrrole nitrogens is 1. The number of anilines is 1. The summed E-state index contributed by atoms with van der Waals surface area (Å²) in [6, 6.07) is 10.7. The third kappa shape index (κ3) is 2.67. The van der Waals surface area contributed by atoms with Gasteiger partial charge in [-0.15, -0.1) is 0 Å². The van der Waals surface area contributed by atoms with Crippen molar-refractivity contribution in [2.45, 2.75) is 6.92 Å². The molecule has 0 radical (unpaired) electrons. The van der Waals surface area contributed by atoms with Crippen molar-refractivity contribution in [2.24, 2.45) is 0 Å². The first kappa shape index (κ1) is 15.5. The predicted molar refractivity (Wildman–Crippen MR) is 93.2 cm³/mol. The molecule has 1 amide bonds. The zero-order chi connectivity index (χ0) is 18.1. The molecule has 0 unspecified atom stereocenters. The van der Waals surface area contributed by atoms with Gasteiger partial charge in [-0.1, -0.05) is 5.16 Å². The van der Waals surface area contributed by atoms with Crippen molar-refractivity contribution in [3.05, 3.63) is 59.5 Å². The van der Waals surface area contributed by atoms with Gasteiger partial charge in [-0.3, -0.25) is 9.89 Å². The summed E-state index contributed by atoms with van der Waals surface area (Å²) >= 11 is 0. The first-order chi connectivity index (χ1) is 12.7. The second-order valence-electron chi connectivity index (χ2n) is 5.66. The van der Waals surface area contributed by atoms with Crippen LogP contribution in [0.15, 0.2) is 47.2 Å². The van der Waals surface area contributed by atoms with E-state index >= 15 is 0 Å². The number of rotatable bonds is 3. The number of carbonyl (C=O) groups is 1. The average molecular weight is 344 g/mol. The number of hydrogen-bond acceptors (Lipinski definition) is 6. The summed E-state index contributed by atoms with van der Waals surface area (Å²) in [5.41, 5.74) is 3.33. The Morgan fingerprint density at radius 1 is 1.31 bits per heavy atom. The molecule has 8 heteroatoms. The minimum Gasteiger partial charge on any atom is -0.355 e. The zero-order valence-corrected chi connectivity index (χ0v) is 13.6. The van der Waals surface area contributed by atoms with Gasteiger partial charge in [0.05, 0.1) is 17.3 Å². The fourth-order valence-corrected chi connectivity index (χ4v) is 2.68. The largest absolute Gasteiger partial charge is 0.355 e. The number of hydrogen-bond donors (Lipinski definition) is 2. The maximum atomic E-state index is 12.5. The smallest absolute Gasteiger partial charge is 0.274 e. The molecule has 1 aromatic carbocycles. The fourth-order valence-electron chi connectivity index (χ4n) is 2.68. The van der Waals surface area contributed by atoms with E-state index in [9.17, 15) is 4.79 Å². The molecule has 0 saturated carbocycles. The Bertz CT molecular complexity index is 1150. The second-order valence-corrected chi connectivity index (χ2v) is 5.66. The van der Waals surface area contributed by atoms with Crippen LogP contribution in [0, 0.1) is 18.3 Å². The topological polar surface area (TPSA) is 120 Å². The molecule has 126 valence electrons. The lowest BCUT2D eigenvalue weighted by molar-refractivity contribution is 0.102. The van der Waals surface area contributed by atoms with E-state index in [1.54, 1.807) is 37.4 Å². The highest BCUT2D eigenvalue weighted by atomic mass is 16.5. The molecular weight excluding hydrogens is 332 g/mol. The molecule has 0 atom stereocenters. The summed E-state index contributed by atoms with van der Waals surface area (Å²) in [7, 11) is 0. The summed E-state index contributed by atoms with van der Waals surface area (Å²) in [6.45, 7) is 1.74. The summed E-state index contributed by atoms with van der Waals surface area (Å²) in [5, 5.41) is 23.4. The van der Waals surface area contributed by atoms with Crippen LogP contribution in [0.5, 0.6) is 0 Å². The van der Waals surface area contributed by atoms with Gasteiger partial charge in [0.25, 0.3) is 5.91 Å². The van der Waals surface area contributed by atoms with Gasteiger partial charge in [-0.25, -0.2) is 4.98 Å². The number of amides is 1. The van der Waals surface area contributed by atoms with Crippen LogP contribution in [0.1, 0.15) is 21.6 Å². The van der Waals surface area contributed by atoms with Gasteiger partial charge in [-0.2, -0.15) is 10.4 Å². The number of aromatic nitrogens is 4. The quantitative estimate of drug-likeness (QED) is 0.589. The summed E-state index contributed by atoms with van der Waals surface area (Å²) in [4.78, 5) is 16.6. The number of aromatic amines is 1. The van der Waals surface area contributed by atoms with Crippen molar-refractivity contribution < 1.29 is 9.32 Å². The van der Waals surface area contributed by atoms with Gasteiger partial charge in [0, 0.05) is 23.3 Å². The number of pyridine rings is 1. The normalized spacial score (nSPS) is 10.6. The minimum absolute atomic E-state index is 0.270. The van der Waals surface area contributed by atoms with Crippen molar-refractivity contribution in [2.75, 3.05) is 5.32 Å². The van der Waals surface area contributed by atoms with Crippen LogP contribution < -0.4 is 5.32 Å². The van der Waals surface area contributed by atoms with Crippen molar-refractivity contribution in [3.63, 3.8) is 0 Å². The van der Waals surface area contributed by atoms with E-state index in [1.165, 1.54) is 6.20 Å². The number of carbonyl (C=O) groups excluding carboxylic acids is 1. The molecule has 26 heavy (non-hydrogen) atoms. The van der Waals surface area contributed by atoms with Crippen molar-refractivity contribution in [1.29, 1.82) is 5.26 Å². The van der Waals surface area contributed by atoms with E-state index in [0.717, 1.165) is 10.9 Å². The van der Waals surface area contributed by atoms with E-state index in [-0.39, 0.29) is 11.6 Å². The first-order valence-corrected chi connectivity index (χ1v) is 7.73. The highest BCUT2D eigenvalue weighted by molar-refractivity contribution is 6.05. The molecule has 0 aliphatic carbocycles. The molecule has 0 fully saturated rings. The zero-order valence-electron chi connectivity index (χ0n) is 13.6. The summed E-state index contributed by atoms with van der Waals surface area (Å²) < 4.78 is 5.16. The molecule has 0 aliphatic heterocycles. The fraction of sp³-hybridized carbons (Fsp3) is 0.0556. The monoisotopic (exact) mass is 344 g/mol. The highest BCUT2D eigenvalue weighted by Crippen LogP contribution is 2.28. The molecule has 3 heterocycles. The SMILES string of the molecule is Cc1cc(C#N)cnc1C(=O)Nc1ccc2[nH]nc(-c3ccno3)c2c1. The Morgan fingerprint density at radius 3 is 2.92 bits per heavy atom. The van der Waals surface area contributed by atoms with E-state index in [2.05, 4.69) is 25.7 Å². The first-order valence-electron chi connectivity index (χ1n) is 7.73. The molecule has 2 N–H and O–H groups in total. The molecular formula is C18H12N6O2. The average Bonchev–Trinajstić information content (AvgIpc) is 3.30. The molecule has 8 nitrogen and oxygen atoms in total. The molecule has 4 rings (SSSR count). The third-order valence-corrected chi connectivity index (χ3v) is 3.91. The van der Waals surface area contributed by atoms with Crippen LogP contribution in [-0.2, 0) is 0 Å². The van der Waals surface area contributed by atoms with Crippen LogP contribution >= 0.6 is 0 Å². The lowest BCUT2D eigenvalue weighted by atomic mass is 10.1. The second kappa shape index (κ2) is 6.14. The number of nitrogens with one attached hydrogen (secondary N) is 2. The number of fused-ring (bicyclic) bond motifs is 1. The van der Waals surface area contributed by atoms with Crippen LogP contribution in [0.3, 0.4) is 0 Å². The Labute approximate surface area is 147 Å². The molecule has 4 aromatic rings. The van der Waals surface area contributed by atoms with Gasteiger partial charge >= 0.3 is 0 Å². The Kier molecular flexibility index (Phi) is 3.67. The van der Waals surface area contributed by atoms with E-state index in [0.29, 0.717) is 28.3 Å². The molecule has 0 bridgehead atoms. The minimum atomic E-state index is -0.351. The van der Waals surface area contributed by atoms with Crippen molar-refractivity contribution in [3.8, 4) is 17.5 Å². The molecule has 0 spiro atoms. The van der Waals surface area contributed by atoms with Crippen LogP contribution in [0.2, 0.25) is 0 Å². The standard InChI is InChI=1S/C18H12N6O2/c1-10-6-11(8-19)9-20-16(10)18(25)22-12-2-3-14-13(7-12)17(24-23-14)15-4-5-21-26-15/h2-7,9H,1H3,(H,22,25)(H,23,24). The van der Waals surface area contributed by atoms with Crippen LogP contribution in [-0.4, -0.2) is 26.2 Å². The highest BCUT2D eigenvalue weighted by Gasteiger charge is 2.15. The lowest BCUT2D eigenvalue weighted by Gasteiger charge is -2.07. The van der Waals surface area contributed by atoms with Crippen LogP contribution in [0.4, 0.5) is 5.69 Å². The van der Waals surface area contributed by atoms with Crippen molar-refractivity contribution in [1.82, 2.24) is 20.3 Å². The van der Waals surface area contributed by atoms with E-state index in [1.807, 2.05) is 12.1 Å². The Balaban J connectivity index is 1.66. The van der Waals surface area contributed by atoms with Gasteiger partial charge in [0.2, 0.25) is 0 Å². The molecule has 0 aliphatic rings. The van der Waals surface area contributed by atoms with E-state index in [4.69, 9.17) is 9.78 Å². The maximum Gasteiger partial charge on any atom is 0.274 e. The maximum absolute atomic E-state index is 12.5. The van der Waals surface area contributed by atoms with Gasteiger partial charge < -0.3 is 9.84 Å². The number of benzene rings is 1. The Morgan fingerprint density at radius 2 is 2.19 bits per heavy atom. The third-order valence-electron chi connectivity index (χ3n) is 3.91. The van der Waals surface area contributed by atoms with E-state index < -0.39 is 0 Å². The molecule has 0 saturated heterocycles. The number of nitriles is 1. The van der Waals surface area contributed by atoms with Gasteiger partial charge in [0.15, 0.2) is 5.76 Å². The predicted octanol–water partition coefficient (Wildman–Crippen LogP) is 3.05. The Hall–Kier alpha value is -3.99. The van der Waals surface area contributed by atoms with Crippen LogP contribution in [0.25, 0.3) is 22.4 Å². The van der Waals surface area contributed by atoms with Gasteiger partial charge in [-0.05, 0) is 36.8 Å². The van der Waals surface area contributed by atoms with Crippen molar-refractivity contribution >= 4 is 22.5 Å². The summed E-state index contributed by atoms with van der Waals surface area (Å²) in [5.74, 6) is 0.181. The number of nitrogens with zero attached hydrogens (tertiary/aromatic N) is 4. The number of aryl methyl sites for hydroxylation is 1. The summed E-state index contributed by atoms with van der Waals surface area (Å²) in [6.07, 6.45) is 2.92. The lowest BCUT2D eigenvalue weighted by Crippen LogP contribution is -2.15.